The van der Waals surface area contributed by atoms with Crippen LogP contribution in [0.25, 0.3) is 0 Å². The third kappa shape index (κ3) is 5.05. The lowest BCUT2D eigenvalue weighted by molar-refractivity contribution is 0.0475. The molecule has 2 N–H and O–H groups in total. The van der Waals surface area contributed by atoms with Crippen molar-refractivity contribution >= 4 is 17.4 Å². The number of rotatable bonds is 9. The zero-order chi connectivity index (χ0) is 20.8. The quantitative estimate of drug-likeness (QED) is 0.497. The largest absolute Gasteiger partial charge is 0.454 e. The molecule has 0 bridgehead atoms. The predicted octanol–water partition coefficient (Wildman–Crippen LogP) is 2.73. The number of hydrogen-bond donors (Lipinski definition) is 2. The van der Waals surface area contributed by atoms with Crippen LogP contribution in [0.3, 0.4) is 0 Å². The highest BCUT2D eigenvalue weighted by molar-refractivity contribution is 6.01. The van der Waals surface area contributed by atoms with Gasteiger partial charge in [0.05, 0.1) is 18.3 Å². The number of aliphatic hydroxyl groups is 1. The number of ether oxygens (including phenoxy) is 2. The number of para-hydroxylation sites is 1. The highest BCUT2D eigenvalue weighted by atomic mass is 16.5. The summed E-state index contributed by atoms with van der Waals surface area (Å²) in [5, 5.41) is 11.9. The van der Waals surface area contributed by atoms with Crippen molar-refractivity contribution in [1.82, 2.24) is 4.57 Å². The number of benzene rings is 1. The highest BCUT2D eigenvalue weighted by Crippen LogP contribution is 2.21. The van der Waals surface area contributed by atoms with E-state index in [1.165, 1.54) is 0 Å². The summed E-state index contributed by atoms with van der Waals surface area (Å²) < 4.78 is 13.1. The van der Waals surface area contributed by atoms with Gasteiger partial charge in [-0.3, -0.25) is 4.79 Å². The van der Waals surface area contributed by atoms with E-state index in [1.54, 1.807) is 24.3 Å². The zero-order valence-electron chi connectivity index (χ0n) is 16.9. The van der Waals surface area contributed by atoms with Gasteiger partial charge in [0.1, 0.15) is 0 Å². The Hall–Kier alpha value is -2.64. The molecule has 0 amide bonds. The van der Waals surface area contributed by atoms with Crippen LogP contribution in [-0.2, 0) is 16.0 Å². The molecule has 3 rings (SSSR count). The Morgan fingerprint density at radius 3 is 2.79 bits per heavy atom. The second-order valence-corrected chi connectivity index (χ2v) is 7.23. The van der Waals surface area contributed by atoms with Crippen LogP contribution >= 0.6 is 0 Å². The summed E-state index contributed by atoms with van der Waals surface area (Å²) in [4.78, 5) is 25.1. The molecular weight excluding hydrogens is 372 g/mol. The third-order valence-electron chi connectivity index (χ3n) is 5.19. The summed E-state index contributed by atoms with van der Waals surface area (Å²) >= 11 is 0. The SMILES string of the molecule is Cc1cc(C(=O)COC(=O)c2ccccc2NCCO)c(C)n1C[C@H]1CCCO1. The van der Waals surface area contributed by atoms with E-state index in [1.807, 2.05) is 19.9 Å². The zero-order valence-corrected chi connectivity index (χ0v) is 16.9. The summed E-state index contributed by atoms with van der Waals surface area (Å²) in [7, 11) is 0. The van der Waals surface area contributed by atoms with Gasteiger partial charge in [0.25, 0.3) is 0 Å². The second kappa shape index (κ2) is 9.71. The summed E-state index contributed by atoms with van der Waals surface area (Å²) in [5.41, 5.74) is 3.32. The maximum Gasteiger partial charge on any atom is 0.340 e. The van der Waals surface area contributed by atoms with Crippen LogP contribution in [0.2, 0.25) is 0 Å². The topological polar surface area (TPSA) is 89.8 Å². The molecule has 0 unspecified atom stereocenters. The molecule has 156 valence electrons. The molecule has 1 aliphatic rings. The number of ketones is 1. The van der Waals surface area contributed by atoms with E-state index >= 15 is 0 Å². The summed E-state index contributed by atoms with van der Waals surface area (Å²) in [6.45, 7) is 5.34. The number of hydrogen-bond acceptors (Lipinski definition) is 6. The fourth-order valence-corrected chi connectivity index (χ4v) is 3.65. The number of aliphatic hydroxyl groups excluding tert-OH is 1. The Kier molecular flexibility index (Phi) is 7.06. The van der Waals surface area contributed by atoms with Crippen molar-refractivity contribution in [2.45, 2.75) is 39.3 Å². The molecule has 1 aliphatic heterocycles. The van der Waals surface area contributed by atoms with Gasteiger partial charge in [-0.2, -0.15) is 0 Å². The van der Waals surface area contributed by atoms with Crippen LogP contribution in [-0.4, -0.2) is 53.9 Å². The first-order chi connectivity index (χ1) is 14.0. The molecule has 1 aromatic heterocycles. The number of aryl methyl sites for hydroxylation is 1. The number of carbonyl (C=O) groups is 2. The van der Waals surface area contributed by atoms with E-state index in [-0.39, 0.29) is 25.1 Å². The van der Waals surface area contributed by atoms with Crippen molar-refractivity contribution in [2.24, 2.45) is 0 Å². The minimum absolute atomic E-state index is 0.0522. The van der Waals surface area contributed by atoms with Gasteiger partial charge in [-0.15, -0.1) is 0 Å². The Bertz CT molecular complexity index is 868. The number of carbonyl (C=O) groups excluding carboxylic acids is 2. The molecule has 0 spiro atoms. The second-order valence-electron chi connectivity index (χ2n) is 7.23. The summed E-state index contributed by atoms with van der Waals surface area (Å²) in [6.07, 6.45) is 2.28. The monoisotopic (exact) mass is 400 g/mol. The van der Waals surface area contributed by atoms with Gasteiger partial charge >= 0.3 is 5.97 Å². The molecule has 1 aromatic carbocycles. The van der Waals surface area contributed by atoms with Crippen molar-refractivity contribution in [3.8, 4) is 0 Å². The molecule has 0 saturated carbocycles. The number of anilines is 1. The van der Waals surface area contributed by atoms with Gasteiger partial charge in [-0.05, 0) is 44.9 Å². The van der Waals surface area contributed by atoms with Crippen LogP contribution in [0.15, 0.2) is 30.3 Å². The molecule has 0 aliphatic carbocycles. The molecule has 1 saturated heterocycles. The van der Waals surface area contributed by atoms with Crippen molar-refractivity contribution < 1.29 is 24.2 Å². The summed E-state index contributed by atoms with van der Waals surface area (Å²) in [5.74, 6) is -0.807. The first-order valence-corrected chi connectivity index (χ1v) is 9.93. The van der Waals surface area contributed by atoms with E-state index in [9.17, 15) is 9.59 Å². The number of aromatic nitrogens is 1. The van der Waals surface area contributed by atoms with Crippen LogP contribution < -0.4 is 5.32 Å². The predicted molar refractivity (Wildman–Crippen MR) is 110 cm³/mol. The Morgan fingerprint density at radius 1 is 1.28 bits per heavy atom. The minimum Gasteiger partial charge on any atom is -0.454 e. The molecule has 2 heterocycles. The van der Waals surface area contributed by atoms with Crippen LogP contribution in [0.5, 0.6) is 0 Å². The van der Waals surface area contributed by atoms with Gasteiger partial charge in [0, 0.05) is 42.3 Å². The number of nitrogens with zero attached hydrogens (tertiary/aromatic N) is 1. The molecule has 0 radical (unpaired) electrons. The number of esters is 1. The Labute approximate surface area is 170 Å². The Balaban J connectivity index is 1.64. The van der Waals surface area contributed by atoms with E-state index in [2.05, 4.69) is 9.88 Å². The lowest BCUT2D eigenvalue weighted by Gasteiger charge is -2.15. The van der Waals surface area contributed by atoms with Crippen LogP contribution in [0.4, 0.5) is 5.69 Å². The fourth-order valence-electron chi connectivity index (χ4n) is 3.65. The van der Waals surface area contributed by atoms with Gasteiger partial charge in [-0.1, -0.05) is 12.1 Å². The molecule has 7 heteroatoms. The lowest BCUT2D eigenvalue weighted by atomic mass is 10.1. The van der Waals surface area contributed by atoms with E-state index < -0.39 is 5.97 Å². The first kappa shape index (κ1) is 21.1. The van der Waals surface area contributed by atoms with Crippen molar-refractivity contribution in [3.63, 3.8) is 0 Å². The molecular formula is C22H28N2O5. The highest BCUT2D eigenvalue weighted by Gasteiger charge is 2.22. The molecule has 7 nitrogen and oxygen atoms in total. The molecule has 1 fully saturated rings. The van der Waals surface area contributed by atoms with E-state index in [0.717, 1.165) is 37.4 Å². The van der Waals surface area contributed by atoms with Crippen molar-refractivity contribution in [3.05, 3.63) is 52.8 Å². The van der Waals surface area contributed by atoms with Gasteiger partial charge in [0.15, 0.2) is 6.61 Å². The van der Waals surface area contributed by atoms with Crippen molar-refractivity contribution in [2.75, 3.05) is 31.7 Å². The lowest BCUT2D eigenvalue weighted by Crippen LogP contribution is -2.19. The maximum atomic E-state index is 12.7. The van der Waals surface area contributed by atoms with Crippen LogP contribution in [0, 0.1) is 13.8 Å². The van der Waals surface area contributed by atoms with Gasteiger partial charge < -0.3 is 24.5 Å². The average Bonchev–Trinajstić information content (AvgIpc) is 3.34. The smallest absolute Gasteiger partial charge is 0.340 e. The number of nitrogens with one attached hydrogen (secondary N) is 1. The standard InChI is InChI=1S/C22H28N2O5/c1-15-12-19(16(2)24(15)13-17-6-5-11-28-17)21(26)14-29-22(27)18-7-3-4-8-20(18)23-9-10-25/h3-4,7-8,12,17,23,25H,5-6,9-11,13-14H2,1-2H3/t17-/m1/s1. The maximum absolute atomic E-state index is 12.7. The molecule has 1 atom stereocenters. The normalized spacial score (nSPS) is 16.0. The van der Waals surface area contributed by atoms with E-state index in [0.29, 0.717) is 23.4 Å². The average molecular weight is 400 g/mol. The third-order valence-corrected chi connectivity index (χ3v) is 5.19. The molecule has 29 heavy (non-hydrogen) atoms. The molecule has 2 aromatic rings. The van der Waals surface area contributed by atoms with Gasteiger partial charge in [-0.25, -0.2) is 4.79 Å². The summed E-state index contributed by atoms with van der Waals surface area (Å²) in [6, 6.07) is 8.70. The Morgan fingerprint density at radius 2 is 2.07 bits per heavy atom. The first-order valence-electron chi connectivity index (χ1n) is 9.93. The minimum atomic E-state index is -0.576. The fraction of sp³-hybridized carbons (Fsp3) is 0.455. The number of Topliss-reactive ketones (excluding diaryl/α,β-unsaturated/α-hetero) is 1. The van der Waals surface area contributed by atoms with E-state index in [4.69, 9.17) is 14.6 Å². The van der Waals surface area contributed by atoms with Crippen molar-refractivity contribution in [1.29, 1.82) is 0 Å². The van der Waals surface area contributed by atoms with Gasteiger partial charge in [0.2, 0.25) is 5.78 Å². The van der Waals surface area contributed by atoms with Crippen LogP contribution in [0.1, 0.15) is 44.9 Å².